The maximum Gasteiger partial charge on any atom is 0.501 e. The van der Waals surface area contributed by atoms with Gasteiger partial charge in [-0.1, -0.05) is 82.5 Å². The van der Waals surface area contributed by atoms with Crippen molar-refractivity contribution in [1.82, 2.24) is 0 Å². The molecule has 2 rings (SSSR count). The first-order chi connectivity index (χ1) is 16.7. The fourth-order valence-electron chi connectivity index (χ4n) is 3.45. The Morgan fingerprint density at radius 1 is 0.676 bits per heavy atom. The summed E-state index contributed by atoms with van der Waals surface area (Å²) in [5.74, 6) is 0.572. The maximum atomic E-state index is 13.0. The van der Waals surface area contributed by atoms with E-state index < -0.39 is 8.80 Å². The number of benzene rings is 2. The predicted molar refractivity (Wildman–Crippen MR) is 140 cm³/mol. The van der Waals surface area contributed by atoms with E-state index in [0.717, 1.165) is 44.9 Å². The van der Waals surface area contributed by atoms with E-state index in [2.05, 4.69) is 20.8 Å². The zero-order chi connectivity index (χ0) is 24.5. The number of hydrogen-bond acceptors (Lipinski definition) is 5. The summed E-state index contributed by atoms with van der Waals surface area (Å²) in [6, 6.07) is 17.4. The standard InChI is InChI=1S/C28H42O5Si/c1-4-7-21-31-34(32-22-8-5-2,33-23-9-6-3)24-15-20-30-27-19-14-13-18-26(27)28(29)25-16-11-10-12-17-25/h10-14,16-19H,4-9,15,20-24H2,1-3H3. The summed E-state index contributed by atoms with van der Waals surface area (Å²) in [6.07, 6.45) is 6.94. The first-order valence-corrected chi connectivity index (χ1v) is 14.8. The van der Waals surface area contributed by atoms with E-state index in [1.54, 1.807) is 0 Å². The molecule has 0 spiro atoms. The van der Waals surface area contributed by atoms with Gasteiger partial charge in [-0.2, -0.15) is 0 Å². The third-order valence-electron chi connectivity index (χ3n) is 5.51. The molecule has 0 unspecified atom stereocenters. The molecule has 34 heavy (non-hydrogen) atoms. The average Bonchev–Trinajstić information content (AvgIpc) is 2.87. The highest BCUT2D eigenvalue weighted by Crippen LogP contribution is 2.24. The Hall–Kier alpha value is -1.99. The van der Waals surface area contributed by atoms with Gasteiger partial charge in [0.05, 0.1) is 12.2 Å². The minimum Gasteiger partial charge on any atom is -0.493 e. The average molecular weight is 487 g/mol. The molecule has 0 amide bonds. The molecule has 5 nitrogen and oxygen atoms in total. The Morgan fingerprint density at radius 2 is 1.21 bits per heavy atom. The number of carbonyl (C=O) groups is 1. The maximum absolute atomic E-state index is 13.0. The molecule has 0 aliphatic rings. The lowest BCUT2D eigenvalue weighted by molar-refractivity contribution is 0.0548. The van der Waals surface area contributed by atoms with Crippen molar-refractivity contribution in [3.05, 3.63) is 65.7 Å². The molecule has 6 heteroatoms. The number of ether oxygens (including phenoxy) is 1. The van der Waals surface area contributed by atoms with E-state index >= 15 is 0 Å². The van der Waals surface area contributed by atoms with E-state index in [0.29, 0.717) is 49.3 Å². The van der Waals surface area contributed by atoms with Gasteiger partial charge < -0.3 is 18.0 Å². The SMILES string of the molecule is CCCCO[Si](CCCOc1ccccc1C(=O)c1ccccc1)(OCCCC)OCCCC. The molecule has 0 heterocycles. The van der Waals surface area contributed by atoms with Crippen LogP contribution in [0.4, 0.5) is 0 Å². The molecule has 0 radical (unpaired) electrons. The zero-order valence-corrected chi connectivity index (χ0v) is 22.2. The molecule has 0 atom stereocenters. The van der Waals surface area contributed by atoms with E-state index in [-0.39, 0.29) is 5.78 Å². The molecule has 0 bridgehead atoms. The van der Waals surface area contributed by atoms with E-state index in [1.807, 2.05) is 54.6 Å². The summed E-state index contributed by atoms with van der Waals surface area (Å²) < 4.78 is 25.0. The quantitative estimate of drug-likeness (QED) is 0.121. The third kappa shape index (κ3) is 9.70. The second-order valence-corrected chi connectivity index (χ2v) is 11.2. The minimum atomic E-state index is -2.78. The van der Waals surface area contributed by atoms with Crippen molar-refractivity contribution in [3.8, 4) is 5.75 Å². The van der Waals surface area contributed by atoms with Crippen LogP contribution in [0.25, 0.3) is 0 Å². The second-order valence-electron chi connectivity index (χ2n) is 8.43. The summed E-state index contributed by atoms with van der Waals surface area (Å²) >= 11 is 0. The fourth-order valence-corrected chi connectivity index (χ4v) is 6.08. The van der Waals surface area contributed by atoms with E-state index in [9.17, 15) is 4.79 Å². The number of carbonyl (C=O) groups excluding carboxylic acids is 1. The Labute approximate surface area is 207 Å². The van der Waals surface area contributed by atoms with Crippen LogP contribution in [-0.2, 0) is 13.3 Å². The molecule has 2 aromatic rings. The van der Waals surface area contributed by atoms with Gasteiger partial charge in [0.2, 0.25) is 0 Å². The van der Waals surface area contributed by atoms with Crippen LogP contribution >= 0.6 is 0 Å². The van der Waals surface area contributed by atoms with Gasteiger partial charge in [0.15, 0.2) is 5.78 Å². The predicted octanol–water partition coefficient (Wildman–Crippen LogP) is 7.08. The molecule has 0 aliphatic carbocycles. The van der Waals surface area contributed by atoms with Crippen molar-refractivity contribution in [2.24, 2.45) is 0 Å². The Balaban J connectivity index is 2.02. The molecule has 0 saturated heterocycles. The lowest BCUT2D eigenvalue weighted by Gasteiger charge is -2.30. The van der Waals surface area contributed by atoms with Gasteiger partial charge in [0, 0.05) is 31.4 Å². The van der Waals surface area contributed by atoms with Crippen LogP contribution in [0.1, 0.15) is 81.6 Å². The number of unbranched alkanes of at least 4 members (excludes halogenated alkanes) is 3. The van der Waals surface area contributed by atoms with Crippen molar-refractivity contribution < 1.29 is 22.8 Å². The van der Waals surface area contributed by atoms with Crippen molar-refractivity contribution in [2.75, 3.05) is 26.4 Å². The summed E-state index contributed by atoms with van der Waals surface area (Å²) in [7, 11) is -2.78. The van der Waals surface area contributed by atoms with Crippen molar-refractivity contribution in [1.29, 1.82) is 0 Å². The number of rotatable bonds is 19. The summed E-state index contributed by atoms with van der Waals surface area (Å²) in [5.41, 5.74) is 1.23. The molecule has 0 aromatic heterocycles. The zero-order valence-electron chi connectivity index (χ0n) is 21.2. The van der Waals surface area contributed by atoms with Crippen LogP contribution in [0, 0.1) is 0 Å². The molecule has 0 saturated carbocycles. The lowest BCUT2D eigenvalue weighted by atomic mass is 10.0. The van der Waals surface area contributed by atoms with Gasteiger partial charge in [-0.3, -0.25) is 4.79 Å². The van der Waals surface area contributed by atoms with Gasteiger partial charge in [-0.15, -0.1) is 0 Å². The first-order valence-electron chi connectivity index (χ1n) is 12.9. The number of para-hydroxylation sites is 1. The minimum absolute atomic E-state index is 0.0337. The van der Waals surface area contributed by atoms with Crippen LogP contribution in [0.5, 0.6) is 5.75 Å². The van der Waals surface area contributed by atoms with Crippen molar-refractivity contribution in [3.63, 3.8) is 0 Å². The van der Waals surface area contributed by atoms with Gasteiger partial charge in [0.25, 0.3) is 0 Å². The van der Waals surface area contributed by atoms with Crippen molar-refractivity contribution >= 4 is 14.6 Å². The molecular weight excluding hydrogens is 444 g/mol. The molecule has 0 N–H and O–H groups in total. The Morgan fingerprint density at radius 3 is 1.76 bits per heavy atom. The second kappa shape index (κ2) is 16.6. The van der Waals surface area contributed by atoms with Crippen LogP contribution in [0.15, 0.2) is 54.6 Å². The van der Waals surface area contributed by atoms with Crippen LogP contribution < -0.4 is 4.74 Å². The van der Waals surface area contributed by atoms with Crippen LogP contribution in [0.2, 0.25) is 6.04 Å². The fraction of sp³-hybridized carbons (Fsp3) is 0.536. The van der Waals surface area contributed by atoms with Gasteiger partial charge in [0.1, 0.15) is 5.75 Å². The van der Waals surface area contributed by atoms with Gasteiger partial charge >= 0.3 is 8.80 Å². The van der Waals surface area contributed by atoms with E-state index in [4.69, 9.17) is 18.0 Å². The first kappa shape index (κ1) is 28.2. The summed E-state index contributed by atoms with van der Waals surface area (Å²) in [6.45, 7) is 8.93. The number of ketones is 1. The smallest absolute Gasteiger partial charge is 0.493 e. The summed E-state index contributed by atoms with van der Waals surface area (Å²) in [4.78, 5) is 13.0. The largest absolute Gasteiger partial charge is 0.501 e. The highest BCUT2D eigenvalue weighted by molar-refractivity contribution is 6.60. The van der Waals surface area contributed by atoms with E-state index in [1.165, 1.54) is 0 Å². The Kier molecular flexibility index (Phi) is 13.8. The highest BCUT2D eigenvalue weighted by atomic mass is 28.4. The molecule has 0 fully saturated rings. The lowest BCUT2D eigenvalue weighted by Crippen LogP contribution is -2.47. The molecular formula is C28H42O5Si. The topological polar surface area (TPSA) is 54.0 Å². The third-order valence-corrected chi connectivity index (χ3v) is 8.41. The number of hydrogen-bond donors (Lipinski definition) is 0. The molecule has 188 valence electrons. The molecule has 0 aliphatic heterocycles. The van der Waals surface area contributed by atoms with Gasteiger partial charge in [-0.05, 0) is 37.8 Å². The molecule has 2 aromatic carbocycles. The van der Waals surface area contributed by atoms with Crippen molar-refractivity contribution in [2.45, 2.75) is 71.8 Å². The van der Waals surface area contributed by atoms with Crippen LogP contribution in [-0.4, -0.2) is 41.0 Å². The summed E-state index contributed by atoms with van der Waals surface area (Å²) in [5, 5.41) is 0. The van der Waals surface area contributed by atoms with Crippen LogP contribution in [0.3, 0.4) is 0 Å². The van der Waals surface area contributed by atoms with Gasteiger partial charge in [-0.25, -0.2) is 0 Å². The Bertz CT molecular complexity index is 785. The monoisotopic (exact) mass is 486 g/mol. The highest BCUT2D eigenvalue weighted by Gasteiger charge is 2.40. The normalized spacial score (nSPS) is 11.5.